The van der Waals surface area contributed by atoms with Crippen LogP contribution in [0, 0.1) is 5.82 Å². The quantitative estimate of drug-likeness (QED) is 0.900. The Kier molecular flexibility index (Phi) is 3.89. The Labute approximate surface area is 128 Å². The molecule has 0 radical (unpaired) electrons. The summed E-state index contributed by atoms with van der Waals surface area (Å²) < 4.78 is 16.3. The minimum atomic E-state index is -0.454. The van der Waals surface area contributed by atoms with E-state index in [4.69, 9.17) is 17.3 Å². The summed E-state index contributed by atoms with van der Waals surface area (Å²) in [6, 6.07) is 4.93. The van der Waals surface area contributed by atoms with Crippen molar-refractivity contribution >= 4 is 17.4 Å². The van der Waals surface area contributed by atoms with Crippen LogP contribution in [0.25, 0.3) is 11.3 Å². The van der Waals surface area contributed by atoms with E-state index in [1.165, 1.54) is 18.9 Å². The van der Waals surface area contributed by atoms with Crippen LogP contribution in [0.4, 0.5) is 10.2 Å². The molecule has 2 N–H and O–H groups in total. The van der Waals surface area contributed by atoms with Crippen LogP contribution in [0.3, 0.4) is 0 Å². The van der Waals surface area contributed by atoms with E-state index in [1.54, 1.807) is 12.1 Å². The summed E-state index contributed by atoms with van der Waals surface area (Å²) >= 11 is 5.87. The molecule has 3 rings (SSSR count). The molecule has 0 amide bonds. The van der Waals surface area contributed by atoms with Crippen molar-refractivity contribution in [2.24, 2.45) is 0 Å². The average molecular weight is 308 g/mol. The van der Waals surface area contributed by atoms with Gasteiger partial charge in [-0.15, -0.1) is 0 Å². The van der Waals surface area contributed by atoms with Gasteiger partial charge in [0.15, 0.2) is 5.82 Å². The van der Waals surface area contributed by atoms with E-state index in [9.17, 15) is 4.39 Å². The van der Waals surface area contributed by atoms with Crippen LogP contribution in [-0.2, 0) is 6.54 Å². The zero-order valence-corrected chi connectivity index (χ0v) is 12.8. The van der Waals surface area contributed by atoms with Gasteiger partial charge in [0.25, 0.3) is 0 Å². The number of aromatic nitrogens is 2. The molecular weight excluding hydrogens is 289 g/mol. The summed E-state index contributed by atoms with van der Waals surface area (Å²) in [4.78, 5) is 4.67. The third kappa shape index (κ3) is 2.42. The molecule has 1 aliphatic rings. The van der Waals surface area contributed by atoms with E-state index >= 15 is 0 Å². The standard InChI is InChI=1S/C16H19ClFN3/c1-2-21-15(19)14(11-8-5-9-12(17)13(11)18)20-16(21)10-6-3-4-7-10/h5,8-10H,2-4,6-7,19H2,1H3. The second kappa shape index (κ2) is 5.68. The second-order valence-electron chi connectivity index (χ2n) is 5.53. The number of anilines is 1. The molecule has 112 valence electrons. The Bertz CT molecular complexity index is 660. The lowest BCUT2D eigenvalue weighted by Crippen LogP contribution is -2.08. The van der Waals surface area contributed by atoms with Crippen molar-refractivity contribution in [1.82, 2.24) is 9.55 Å². The van der Waals surface area contributed by atoms with Crippen molar-refractivity contribution in [3.8, 4) is 11.3 Å². The maximum atomic E-state index is 14.3. The molecule has 1 heterocycles. The van der Waals surface area contributed by atoms with Crippen LogP contribution in [0.1, 0.15) is 44.3 Å². The van der Waals surface area contributed by atoms with E-state index in [-0.39, 0.29) is 5.02 Å². The molecule has 0 saturated heterocycles. The third-order valence-electron chi connectivity index (χ3n) is 4.28. The third-order valence-corrected chi connectivity index (χ3v) is 4.57. The van der Waals surface area contributed by atoms with Gasteiger partial charge in [-0.1, -0.05) is 30.5 Å². The minimum Gasteiger partial charge on any atom is -0.383 e. The summed E-state index contributed by atoms with van der Waals surface area (Å²) in [5, 5.41) is 0.0976. The molecule has 1 saturated carbocycles. The lowest BCUT2D eigenvalue weighted by atomic mass is 10.1. The van der Waals surface area contributed by atoms with E-state index < -0.39 is 5.82 Å². The van der Waals surface area contributed by atoms with Crippen molar-refractivity contribution in [3.05, 3.63) is 34.9 Å². The van der Waals surface area contributed by atoms with E-state index in [0.717, 1.165) is 25.2 Å². The highest BCUT2D eigenvalue weighted by molar-refractivity contribution is 6.31. The summed E-state index contributed by atoms with van der Waals surface area (Å²) in [5.74, 6) is 1.50. The van der Waals surface area contributed by atoms with Crippen molar-refractivity contribution in [2.75, 3.05) is 5.73 Å². The molecule has 21 heavy (non-hydrogen) atoms. The predicted octanol–water partition coefficient (Wildman–Crippen LogP) is 4.60. The number of hydrogen-bond donors (Lipinski definition) is 1. The van der Waals surface area contributed by atoms with Crippen molar-refractivity contribution in [2.45, 2.75) is 45.1 Å². The van der Waals surface area contributed by atoms with Gasteiger partial charge in [0.1, 0.15) is 17.3 Å². The van der Waals surface area contributed by atoms with Crippen LogP contribution in [-0.4, -0.2) is 9.55 Å². The van der Waals surface area contributed by atoms with Crippen LogP contribution < -0.4 is 5.73 Å². The zero-order valence-electron chi connectivity index (χ0n) is 12.1. The molecule has 0 spiro atoms. The highest BCUT2D eigenvalue weighted by atomic mass is 35.5. The molecule has 0 bridgehead atoms. The maximum absolute atomic E-state index is 14.3. The highest BCUT2D eigenvalue weighted by Crippen LogP contribution is 2.38. The number of halogens is 2. The predicted molar refractivity (Wildman–Crippen MR) is 83.9 cm³/mol. The van der Waals surface area contributed by atoms with Crippen molar-refractivity contribution in [3.63, 3.8) is 0 Å². The molecule has 3 nitrogen and oxygen atoms in total. The van der Waals surface area contributed by atoms with E-state index in [2.05, 4.69) is 4.98 Å². The summed E-state index contributed by atoms with van der Waals surface area (Å²) in [5.41, 5.74) is 7.12. The first-order chi connectivity index (χ1) is 10.1. The molecule has 0 aliphatic heterocycles. The van der Waals surface area contributed by atoms with Gasteiger partial charge in [0, 0.05) is 18.0 Å². The Balaban J connectivity index is 2.13. The summed E-state index contributed by atoms with van der Waals surface area (Å²) in [7, 11) is 0. The van der Waals surface area contributed by atoms with Gasteiger partial charge in [0.2, 0.25) is 0 Å². The molecular formula is C16H19ClFN3. The molecule has 1 aromatic carbocycles. The Morgan fingerprint density at radius 2 is 2.10 bits per heavy atom. The molecule has 2 aromatic rings. The number of nitrogens with zero attached hydrogens (tertiary/aromatic N) is 2. The maximum Gasteiger partial charge on any atom is 0.151 e. The van der Waals surface area contributed by atoms with Gasteiger partial charge in [-0.25, -0.2) is 9.37 Å². The second-order valence-corrected chi connectivity index (χ2v) is 5.94. The normalized spacial score (nSPS) is 15.8. The first kappa shape index (κ1) is 14.4. The van der Waals surface area contributed by atoms with Crippen molar-refractivity contribution < 1.29 is 4.39 Å². The lowest BCUT2D eigenvalue weighted by molar-refractivity contribution is 0.604. The number of benzene rings is 1. The van der Waals surface area contributed by atoms with E-state index in [1.807, 2.05) is 11.5 Å². The van der Waals surface area contributed by atoms with Crippen molar-refractivity contribution in [1.29, 1.82) is 0 Å². The van der Waals surface area contributed by atoms with Gasteiger partial charge in [-0.2, -0.15) is 0 Å². The van der Waals surface area contributed by atoms with Crippen LogP contribution >= 0.6 is 11.6 Å². The van der Waals surface area contributed by atoms with Crippen LogP contribution in [0.15, 0.2) is 18.2 Å². The zero-order chi connectivity index (χ0) is 15.0. The van der Waals surface area contributed by atoms with Gasteiger partial charge in [0.05, 0.1) is 5.02 Å². The fraction of sp³-hybridized carbons (Fsp3) is 0.438. The SMILES string of the molecule is CCn1c(C2CCCC2)nc(-c2cccc(Cl)c2F)c1N. The number of nitrogens with two attached hydrogens (primary N) is 1. The summed E-state index contributed by atoms with van der Waals surface area (Å²) in [6.07, 6.45) is 4.71. The van der Waals surface area contributed by atoms with E-state index in [0.29, 0.717) is 23.0 Å². The van der Waals surface area contributed by atoms with Crippen LogP contribution in [0.5, 0.6) is 0 Å². The Hall–Kier alpha value is -1.55. The topological polar surface area (TPSA) is 43.8 Å². The number of nitrogen functional groups attached to an aromatic ring is 1. The first-order valence-electron chi connectivity index (χ1n) is 7.43. The number of rotatable bonds is 3. The van der Waals surface area contributed by atoms with Gasteiger partial charge in [-0.05, 0) is 31.9 Å². The summed E-state index contributed by atoms with van der Waals surface area (Å²) in [6.45, 7) is 2.78. The van der Waals surface area contributed by atoms with Gasteiger partial charge >= 0.3 is 0 Å². The number of imidazole rings is 1. The fourth-order valence-electron chi connectivity index (χ4n) is 3.20. The monoisotopic (exact) mass is 307 g/mol. The molecule has 5 heteroatoms. The van der Waals surface area contributed by atoms with Crippen LogP contribution in [0.2, 0.25) is 5.02 Å². The van der Waals surface area contributed by atoms with Gasteiger partial charge in [-0.3, -0.25) is 0 Å². The molecule has 1 aromatic heterocycles. The number of hydrogen-bond acceptors (Lipinski definition) is 2. The highest BCUT2D eigenvalue weighted by Gasteiger charge is 2.26. The molecule has 1 fully saturated rings. The molecule has 1 aliphatic carbocycles. The Morgan fingerprint density at radius 3 is 2.76 bits per heavy atom. The smallest absolute Gasteiger partial charge is 0.151 e. The Morgan fingerprint density at radius 1 is 1.38 bits per heavy atom. The lowest BCUT2D eigenvalue weighted by Gasteiger charge is -2.11. The molecule has 0 atom stereocenters. The first-order valence-corrected chi connectivity index (χ1v) is 7.81. The average Bonchev–Trinajstić information content (AvgIpc) is 3.09. The minimum absolute atomic E-state index is 0.0976. The van der Waals surface area contributed by atoms with Gasteiger partial charge < -0.3 is 10.3 Å². The largest absolute Gasteiger partial charge is 0.383 e. The molecule has 0 unspecified atom stereocenters. The fourth-order valence-corrected chi connectivity index (χ4v) is 3.37.